The Balaban J connectivity index is 2.43. The Labute approximate surface area is 104 Å². The van der Waals surface area contributed by atoms with E-state index in [2.05, 4.69) is 50.5 Å². The van der Waals surface area contributed by atoms with Gasteiger partial charge in [0.25, 0.3) is 0 Å². The highest BCUT2D eigenvalue weighted by Crippen LogP contribution is 2.18. The van der Waals surface area contributed by atoms with Crippen LogP contribution in [-0.4, -0.2) is 20.3 Å². The van der Waals surface area contributed by atoms with Gasteiger partial charge in [-0.05, 0) is 24.0 Å². The van der Waals surface area contributed by atoms with Gasteiger partial charge in [0, 0.05) is 7.11 Å². The largest absolute Gasteiger partial charge is 0.382 e. The molecular weight excluding hydrogens is 214 g/mol. The van der Waals surface area contributed by atoms with E-state index in [1.807, 2.05) is 0 Å². The summed E-state index contributed by atoms with van der Waals surface area (Å²) in [5, 5.41) is 0. The average Bonchev–Trinajstić information content (AvgIpc) is 2.34. The van der Waals surface area contributed by atoms with Crippen molar-refractivity contribution in [2.24, 2.45) is 0 Å². The van der Waals surface area contributed by atoms with Gasteiger partial charge in [-0.25, -0.2) is 0 Å². The van der Waals surface area contributed by atoms with Crippen molar-refractivity contribution in [3.8, 4) is 0 Å². The molecule has 0 saturated heterocycles. The lowest BCUT2D eigenvalue weighted by Crippen LogP contribution is -2.21. The maximum Gasteiger partial charge on any atom is 0.0916 e. The smallest absolute Gasteiger partial charge is 0.0916 e. The Bertz CT molecular complexity index is 309. The van der Waals surface area contributed by atoms with Crippen LogP contribution in [0.15, 0.2) is 24.3 Å². The van der Waals surface area contributed by atoms with E-state index in [9.17, 15) is 0 Å². The highest BCUT2D eigenvalue weighted by Gasteiger charge is 2.05. The molecule has 1 aromatic rings. The molecule has 0 heterocycles. The number of benzene rings is 1. The van der Waals surface area contributed by atoms with E-state index in [1.54, 1.807) is 7.11 Å². The molecule has 3 nitrogen and oxygen atoms in total. The fourth-order valence-electron chi connectivity index (χ4n) is 1.55. The minimum Gasteiger partial charge on any atom is -0.382 e. The molecule has 96 valence electrons. The van der Waals surface area contributed by atoms with Crippen LogP contribution in [0.3, 0.4) is 0 Å². The molecule has 1 unspecified atom stereocenters. The van der Waals surface area contributed by atoms with Gasteiger partial charge in [0.05, 0.1) is 19.3 Å². The van der Waals surface area contributed by atoms with Gasteiger partial charge in [-0.15, -0.1) is 0 Å². The van der Waals surface area contributed by atoms with Gasteiger partial charge in [-0.1, -0.05) is 38.1 Å². The highest BCUT2D eigenvalue weighted by atomic mass is 16.7. The average molecular weight is 237 g/mol. The molecule has 0 saturated carbocycles. The molecule has 3 heteroatoms. The molecule has 1 atom stereocenters. The van der Waals surface area contributed by atoms with Gasteiger partial charge in [0.15, 0.2) is 0 Å². The summed E-state index contributed by atoms with van der Waals surface area (Å²) >= 11 is 0. The standard InChI is InChI=1S/C14H23NO2/c1-11(2)13-5-7-14(8-6-13)12(3)15-17-10-9-16-4/h5-8,11-12,15H,9-10H2,1-4H3. The first kappa shape index (κ1) is 14.2. The van der Waals surface area contributed by atoms with E-state index in [4.69, 9.17) is 9.57 Å². The molecule has 0 aliphatic carbocycles. The van der Waals surface area contributed by atoms with Crippen molar-refractivity contribution >= 4 is 0 Å². The summed E-state index contributed by atoms with van der Waals surface area (Å²) in [6.45, 7) is 7.64. The van der Waals surface area contributed by atoms with Crippen molar-refractivity contribution < 1.29 is 9.57 Å². The van der Waals surface area contributed by atoms with Crippen LogP contribution in [0, 0.1) is 0 Å². The molecular formula is C14H23NO2. The fraction of sp³-hybridized carbons (Fsp3) is 0.571. The molecule has 0 amide bonds. The first-order valence-corrected chi connectivity index (χ1v) is 6.11. The monoisotopic (exact) mass is 237 g/mol. The van der Waals surface area contributed by atoms with E-state index < -0.39 is 0 Å². The topological polar surface area (TPSA) is 30.5 Å². The van der Waals surface area contributed by atoms with Crippen molar-refractivity contribution in [2.75, 3.05) is 20.3 Å². The zero-order valence-corrected chi connectivity index (χ0v) is 11.2. The minimum absolute atomic E-state index is 0.188. The SMILES string of the molecule is COCCONC(C)c1ccc(C(C)C)cc1. The molecule has 0 bridgehead atoms. The van der Waals surface area contributed by atoms with E-state index in [1.165, 1.54) is 11.1 Å². The second kappa shape index (κ2) is 7.43. The van der Waals surface area contributed by atoms with Crippen LogP contribution in [0.25, 0.3) is 0 Å². The molecule has 1 aromatic carbocycles. The van der Waals surface area contributed by atoms with Gasteiger partial charge >= 0.3 is 0 Å². The lowest BCUT2D eigenvalue weighted by atomic mass is 10.00. The molecule has 17 heavy (non-hydrogen) atoms. The number of hydrogen-bond donors (Lipinski definition) is 1. The zero-order valence-electron chi connectivity index (χ0n) is 11.2. The Morgan fingerprint density at radius 2 is 1.59 bits per heavy atom. The number of hydrogen-bond acceptors (Lipinski definition) is 3. The third-order valence-electron chi connectivity index (χ3n) is 2.75. The molecule has 0 fully saturated rings. The van der Waals surface area contributed by atoms with Crippen molar-refractivity contribution in [2.45, 2.75) is 32.7 Å². The quantitative estimate of drug-likeness (QED) is 0.584. The molecule has 0 aromatic heterocycles. The Morgan fingerprint density at radius 3 is 2.12 bits per heavy atom. The third kappa shape index (κ3) is 4.86. The molecule has 0 radical (unpaired) electrons. The number of rotatable bonds is 7. The second-order valence-electron chi connectivity index (χ2n) is 4.50. The number of nitrogens with one attached hydrogen (secondary N) is 1. The predicted molar refractivity (Wildman–Crippen MR) is 69.9 cm³/mol. The molecule has 1 N–H and O–H groups in total. The van der Waals surface area contributed by atoms with E-state index in [0.717, 1.165) is 0 Å². The summed E-state index contributed by atoms with van der Waals surface area (Å²) in [6, 6.07) is 8.83. The third-order valence-corrected chi connectivity index (χ3v) is 2.75. The summed E-state index contributed by atoms with van der Waals surface area (Å²) in [7, 11) is 1.66. The van der Waals surface area contributed by atoms with E-state index in [0.29, 0.717) is 19.1 Å². The van der Waals surface area contributed by atoms with Crippen LogP contribution < -0.4 is 5.48 Å². The second-order valence-corrected chi connectivity index (χ2v) is 4.50. The summed E-state index contributed by atoms with van der Waals surface area (Å²) in [4.78, 5) is 5.29. The number of ether oxygens (including phenoxy) is 1. The first-order chi connectivity index (χ1) is 8.15. The number of methoxy groups -OCH3 is 1. The van der Waals surface area contributed by atoms with Crippen LogP contribution >= 0.6 is 0 Å². The van der Waals surface area contributed by atoms with Crippen molar-refractivity contribution in [3.05, 3.63) is 35.4 Å². The maximum atomic E-state index is 5.29. The lowest BCUT2D eigenvalue weighted by molar-refractivity contribution is -0.00925. The van der Waals surface area contributed by atoms with Gasteiger partial charge in [-0.2, -0.15) is 5.48 Å². The van der Waals surface area contributed by atoms with Crippen LogP contribution in [0.5, 0.6) is 0 Å². The maximum absolute atomic E-state index is 5.29. The summed E-state index contributed by atoms with van der Waals surface area (Å²) < 4.78 is 4.91. The molecule has 0 aliphatic heterocycles. The minimum atomic E-state index is 0.188. The van der Waals surface area contributed by atoms with Crippen LogP contribution in [0.4, 0.5) is 0 Å². The van der Waals surface area contributed by atoms with E-state index in [-0.39, 0.29) is 6.04 Å². The van der Waals surface area contributed by atoms with Gasteiger partial charge in [0.1, 0.15) is 0 Å². The molecule has 0 spiro atoms. The van der Waals surface area contributed by atoms with Crippen LogP contribution in [0.2, 0.25) is 0 Å². The Kier molecular flexibility index (Phi) is 6.19. The first-order valence-electron chi connectivity index (χ1n) is 6.11. The van der Waals surface area contributed by atoms with Gasteiger partial charge < -0.3 is 4.74 Å². The van der Waals surface area contributed by atoms with Crippen LogP contribution in [-0.2, 0) is 9.57 Å². The highest BCUT2D eigenvalue weighted by molar-refractivity contribution is 5.26. The normalized spacial score (nSPS) is 13.0. The lowest BCUT2D eigenvalue weighted by Gasteiger charge is -2.15. The Hall–Kier alpha value is -0.900. The summed E-state index contributed by atoms with van der Waals surface area (Å²) in [6.07, 6.45) is 0. The van der Waals surface area contributed by atoms with Gasteiger partial charge in [-0.3, -0.25) is 4.84 Å². The number of hydroxylamine groups is 1. The Morgan fingerprint density at radius 1 is 1.00 bits per heavy atom. The molecule has 0 aliphatic rings. The predicted octanol–water partition coefficient (Wildman–Crippen LogP) is 3.04. The van der Waals surface area contributed by atoms with Gasteiger partial charge in [0.2, 0.25) is 0 Å². The van der Waals surface area contributed by atoms with E-state index >= 15 is 0 Å². The zero-order chi connectivity index (χ0) is 12.7. The van der Waals surface area contributed by atoms with Crippen LogP contribution in [0.1, 0.15) is 43.9 Å². The summed E-state index contributed by atoms with van der Waals surface area (Å²) in [5.41, 5.74) is 5.59. The van der Waals surface area contributed by atoms with Crippen molar-refractivity contribution in [1.29, 1.82) is 0 Å². The molecule has 1 rings (SSSR count). The van der Waals surface area contributed by atoms with Crippen molar-refractivity contribution in [3.63, 3.8) is 0 Å². The van der Waals surface area contributed by atoms with Crippen molar-refractivity contribution in [1.82, 2.24) is 5.48 Å². The summed E-state index contributed by atoms with van der Waals surface area (Å²) in [5.74, 6) is 0.574. The fourth-order valence-corrected chi connectivity index (χ4v) is 1.55.